The molecule has 2 rings (SSSR count). The topological polar surface area (TPSA) is 33.1 Å². The SMILES string of the molecule is Oc1cncc(C2CCC2)c1. The Balaban J connectivity index is 2.23. The average Bonchev–Trinajstić information content (AvgIpc) is 1.83. The highest BCUT2D eigenvalue weighted by Gasteiger charge is 2.19. The van der Waals surface area contributed by atoms with Crippen LogP contribution in [0.4, 0.5) is 0 Å². The van der Waals surface area contributed by atoms with E-state index in [0.717, 1.165) is 0 Å². The Bertz CT molecular complexity index is 255. The number of aromatic nitrogens is 1. The maximum Gasteiger partial charge on any atom is 0.134 e. The summed E-state index contributed by atoms with van der Waals surface area (Å²) < 4.78 is 0. The van der Waals surface area contributed by atoms with Gasteiger partial charge in [0.1, 0.15) is 5.75 Å². The Morgan fingerprint density at radius 1 is 1.36 bits per heavy atom. The van der Waals surface area contributed by atoms with Crippen molar-refractivity contribution >= 4 is 0 Å². The number of nitrogens with zero attached hydrogens (tertiary/aromatic N) is 1. The highest BCUT2D eigenvalue weighted by Crippen LogP contribution is 2.36. The molecule has 0 amide bonds. The van der Waals surface area contributed by atoms with Crippen LogP contribution < -0.4 is 0 Å². The first kappa shape index (κ1) is 6.65. The van der Waals surface area contributed by atoms with E-state index in [1.54, 1.807) is 0 Å². The van der Waals surface area contributed by atoms with E-state index in [1.165, 1.54) is 31.0 Å². The lowest BCUT2D eigenvalue weighted by molar-refractivity contribution is 0.414. The number of hydrogen-bond donors (Lipinski definition) is 1. The molecule has 2 heteroatoms. The Morgan fingerprint density at radius 2 is 2.18 bits per heavy atom. The molecule has 1 aromatic heterocycles. The molecule has 2 nitrogen and oxygen atoms in total. The van der Waals surface area contributed by atoms with E-state index in [2.05, 4.69) is 4.98 Å². The molecule has 0 aromatic carbocycles. The van der Waals surface area contributed by atoms with Crippen molar-refractivity contribution in [1.82, 2.24) is 4.98 Å². The summed E-state index contributed by atoms with van der Waals surface area (Å²) in [6.45, 7) is 0. The first-order chi connectivity index (χ1) is 5.36. The van der Waals surface area contributed by atoms with Crippen LogP contribution in [0.1, 0.15) is 30.7 Å². The van der Waals surface area contributed by atoms with Crippen molar-refractivity contribution in [2.45, 2.75) is 25.2 Å². The summed E-state index contributed by atoms with van der Waals surface area (Å²) >= 11 is 0. The molecular weight excluding hydrogens is 138 g/mol. The van der Waals surface area contributed by atoms with E-state index in [1.807, 2.05) is 12.3 Å². The second kappa shape index (κ2) is 2.53. The zero-order valence-electron chi connectivity index (χ0n) is 6.33. The number of aromatic hydroxyl groups is 1. The van der Waals surface area contributed by atoms with Crippen LogP contribution in [0, 0.1) is 0 Å². The third-order valence-corrected chi connectivity index (χ3v) is 2.32. The van der Waals surface area contributed by atoms with E-state index in [-0.39, 0.29) is 5.75 Å². The fourth-order valence-corrected chi connectivity index (χ4v) is 1.41. The van der Waals surface area contributed by atoms with Gasteiger partial charge in [-0.15, -0.1) is 0 Å². The van der Waals surface area contributed by atoms with Gasteiger partial charge in [0.15, 0.2) is 0 Å². The number of rotatable bonds is 1. The first-order valence-corrected chi connectivity index (χ1v) is 4.00. The fourth-order valence-electron chi connectivity index (χ4n) is 1.41. The molecule has 0 spiro atoms. The van der Waals surface area contributed by atoms with Gasteiger partial charge < -0.3 is 5.11 Å². The van der Waals surface area contributed by atoms with Gasteiger partial charge in [-0.1, -0.05) is 6.42 Å². The van der Waals surface area contributed by atoms with Crippen LogP contribution in [-0.4, -0.2) is 10.1 Å². The lowest BCUT2D eigenvalue weighted by atomic mass is 9.81. The van der Waals surface area contributed by atoms with Crippen molar-refractivity contribution in [3.8, 4) is 5.75 Å². The Morgan fingerprint density at radius 3 is 2.73 bits per heavy atom. The van der Waals surface area contributed by atoms with Crippen LogP contribution >= 0.6 is 0 Å². The van der Waals surface area contributed by atoms with Crippen molar-refractivity contribution in [1.29, 1.82) is 0 Å². The van der Waals surface area contributed by atoms with Crippen LogP contribution in [0.3, 0.4) is 0 Å². The van der Waals surface area contributed by atoms with Gasteiger partial charge in [-0.05, 0) is 30.4 Å². The quantitative estimate of drug-likeness (QED) is 0.663. The molecule has 1 aliphatic carbocycles. The molecule has 1 N–H and O–H groups in total. The van der Waals surface area contributed by atoms with Gasteiger partial charge in [0.05, 0.1) is 6.20 Å². The molecule has 0 atom stereocenters. The molecular formula is C9H11NO. The Kier molecular flexibility index (Phi) is 1.53. The van der Waals surface area contributed by atoms with Gasteiger partial charge >= 0.3 is 0 Å². The maximum atomic E-state index is 9.12. The second-order valence-electron chi connectivity index (χ2n) is 3.10. The van der Waals surface area contributed by atoms with Crippen LogP contribution in [0.15, 0.2) is 18.5 Å². The molecule has 1 fully saturated rings. The zero-order chi connectivity index (χ0) is 7.68. The van der Waals surface area contributed by atoms with Crippen LogP contribution in [-0.2, 0) is 0 Å². The Hall–Kier alpha value is -1.05. The van der Waals surface area contributed by atoms with Gasteiger partial charge in [-0.2, -0.15) is 0 Å². The standard InChI is InChI=1S/C9H11NO/c11-9-4-8(5-10-6-9)7-2-1-3-7/h4-7,11H,1-3H2. The normalized spacial score (nSPS) is 17.8. The van der Waals surface area contributed by atoms with Crippen LogP contribution in [0.2, 0.25) is 0 Å². The van der Waals surface area contributed by atoms with Crippen molar-refractivity contribution in [3.63, 3.8) is 0 Å². The maximum absolute atomic E-state index is 9.12. The third-order valence-electron chi connectivity index (χ3n) is 2.32. The Labute approximate surface area is 65.9 Å². The highest BCUT2D eigenvalue weighted by molar-refractivity contribution is 5.26. The van der Waals surface area contributed by atoms with Gasteiger partial charge in [0.2, 0.25) is 0 Å². The summed E-state index contributed by atoms with van der Waals surface area (Å²) in [7, 11) is 0. The van der Waals surface area contributed by atoms with Gasteiger partial charge in [-0.25, -0.2) is 0 Å². The van der Waals surface area contributed by atoms with Gasteiger partial charge in [0.25, 0.3) is 0 Å². The molecule has 0 bridgehead atoms. The summed E-state index contributed by atoms with van der Waals surface area (Å²) in [6.07, 6.45) is 7.16. The molecule has 0 saturated heterocycles. The third kappa shape index (κ3) is 1.20. The van der Waals surface area contributed by atoms with E-state index < -0.39 is 0 Å². The second-order valence-corrected chi connectivity index (χ2v) is 3.10. The monoisotopic (exact) mass is 149 g/mol. The minimum atomic E-state index is 0.286. The molecule has 0 unspecified atom stereocenters. The summed E-state index contributed by atoms with van der Waals surface area (Å²) in [5.74, 6) is 0.948. The molecule has 1 aromatic rings. The summed E-state index contributed by atoms with van der Waals surface area (Å²) in [5, 5.41) is 9.12. The summed E-state index contributed by atoms with van der Waals surface area (Å²) in [4.78, 5) is 3.94. The molecule has 11 heavy (non-hydrogen) atoms. The number of pyridine rings is 1. The summed E-state index contributed by atoms with van der Waals surface area (Å²) in [5.41, 5.74) is 1.19. The van der Waals surface area contributed by atoms with Crippen molar-refractivity contribution in [3.05, 3.63) is 24.0 Å². The van der Waals surface area contributed by atoms with Crippen molar-refractivity contribution in [2.75, 3.05) is 0 Å². The predicted molar refractivity (Wildman–Crippen MR) is 42.5 cm³/mol. The van der Waals surface area contributed by atoms with Gasteiger partial charge in [0, 0.05) is 6.20 Å². The van der Waals surface area contributed by atoms with Crippen molar-refractivity contribution in [2.24, 2.45) is 0 Å². The molecule has 1 aliphatic rings. The van der Waals surface area contributed by atoms with E-state index in [9.17, 15) is 0 Å². The highest BCUT2D eigenvalue weighted by atomic mass is 16.3. The lowest BCUT2D eigenvalue weighted by Crippen LogP contribution is -2.08. The molecule has 0 aliphatic heterocycles. The molecule has 1 heterocycles. The number of hydrogen-bond acceptors (Lipinski definition) is 2. The zero-order valence-corrected chi connectivity index (χ0v) is 6.33. The first-order valence-electron chi connectivity index (χ1n) is 4.00. The van der Waals surface area contributed by atoms with Crippen LogP contribution in [0.25, 0.3) is 0 Å². The van der Waals surface area contributed by atoms with E-state index >= 15 is 0 Å². The largest absolute Gasteiger partial charge is 0.506 e. The average molecular weight is 149 g/mol. The lowest BCUT2D eigenvalue weighted by Gasteiger charge is -2.25. The van der Waals surface area contributed by atoms with Gasteiger partial charge in [-0.3, -0.25) is 4.98 Å². The van der Waals surface area contributed by atoms with Crippen molar-refractivity contribution < 1.29 is 5.11 Å². The van der Waals surface area contributed by atoms with Crippen LogP contribution in [0.5, 0.6) is 5.75 Å². The minimum Gasteiger partial charge on any atom is -0.506 e. The molecule has 0 radical (unpaired) electrons. The molecule has 58 valence electrons. The summed E-state index contributed by atoms with van der Waals surface area (Å²) in [6, 6.07) is 1.82. The minimum absolute atomic E-state index is 0.286. The predicted octanol–water partition coefficient (Wildman–Crippen LogP) is 2.05. The van der Waals surface area contributed by atoms with E-state index in [0.29, 0.717) is 5.92 Å². The smallest absolute Gasteiger partial charge is 0.134 e. The molecule has 1 saturated carbocycles. The fraction of sp³-hybridized carbons (Fsp3) is 0.444. The van der Waals surface area contributed by atoms with E-state index in [4.69, 9.17) is 5.11 Å².